The van der Waals surface area contributed by atoms with Crippen LogP contribution in [0, 0.1) is 10.1 Å². The van der Waals surface area contributed by atoms with Crippen LogP contribution in [-0.2, 0) is 9.59 Å². The predicted octanol–water partition coefficient (Wildman–Crippen LogP) is 1.17. The molecule has 1 aliphatic heterocycles. The Morgan fingerprint density at radius 3 is 2.74 bits per heavy atom. The number of aliphatic hydroxyl groups is 1. The van der Waals surface area contributed by atoms with E-state index < -0.39 is 28.4 Å². The molecule has 1 atom stereocenters. The van der Waals surface area contributed by atoms with Gasteiger partial charge in [-0.2, -0.15) is 0 Å². The predicted molar refractivity (Wildman–Crippen MR) is 64.3 cm³/mol. The maximum Gasteiger partial charge on any atom is 0.287 e. The Balaban J connectivity index is 2.48. The zero-order chi connectivity index (χ0) is 14.2. The maximum absolute atomic E-state index is 11.5. The van der Waals surface area contributed by atoms with E-state index in [1.54, 1.807) is 6.07 Å². The van der Waals surface area contributed by atoms with Crippen molar-refractivity contribution in [3.05, 3.63) is 51.3 Å². The highest BCUT2D eigenvalue weighted by atomic mass is 16.6. The standard InChI is InChI=1S/C12H10N2O5/c1-6(15)9-10(13-12(17)11(9)16)7-3-2-4-8(5-7)14(18)19/h2-5,10,16H,1H3,(H,13,17)/t10-/m0/s1. The fraction of sp³-hybridized carbons (Fsp3) is 0.167. The first-order valence-corrected chi connectivity index (χ1v) is 5.41. The van der Waals surface area contributed by atoms with Crippen LogP contribution in [-0.4, -0.2) is 21.7 Å². The number of nitro benzene ring substituents is 1. The van der Waals surface area contributed by atoms with Crippen molar-refractivity contribution >= 4 is 17.4 Å². The van der Waals surface area contributed by atoms with Crippen LogP contribution < -0.4 is 5.32 Å². The number of ketones is 1. The number of nitrogens with one attached hydrogen (secondary N) is 1. The van der Waals surface area contributed by atoms with Crippen molar-refractivity contribution in [2.24, 2.45) is 0 Å². The van der Waals surface area contributed by atoms with Gasteiger partial charge in [0.2, 0.25) is 0 Å². The minimum Gasteiger partial charge on any atom is -0.503 e. The molecule has 0 unspecified atom stereocenters. The zero-order valence-corrected chi connectivity index (χ0v) is 9.91. The second-order valence-corrected chi connectivity index (χ2v) is 4.08. The number of carbonyl (C=O) groups excluding carboxylic acids is 2. The Hall–Kier alpha value is -2.70. The van der Waals surface area contributed by atoms with Crippen LogP contribution in [0.4, 0.5) is 5.69 Å². The molecule has 0 radical (unpaired) electrons. The molecule has 0 saturated carbocycles. The van der Waals surface area contributed by atoms with Gasteiger partial charge in [0.1, 0.15) is 0 Å². The molecular formula is C12H10N2O5. The van der Waals surface area contributed by atoms with Crippen molar-refractivity contribution in [1.29, 1.82) is 0 Å². The van der Waals surface area contributed by atoms with Gasteiger partial charge in [0.05, 0.1) is 16.5 Å². The second-order valence-electron chi connectivity index (χ2n) is 4.08. The lowest BCUT2D eigenvalue weighted by Gasteiger charge is -2.12. The summed E-state index contributed by atoms with van der Waals surface area (Å²) in [4.78, 5) is 33.0. The number of amides is 1. The molecule has 0 fully saturated rings. The van der Waals surface area contributed by atoms with E-state index in [0.29, 0.717) is 5.56 Å². The number of aliphatic hydroxyl groups excluding tert-OH is 1. The highest BCUT2D eigenvalue weighted by molar-refractivity contribution is 6.08. The first kappa shape index (κ1) is 12.7. The van der Waals surface area contributed by atoms with Gasteiger partial charge in [0, 0.05) is 12.1 Å². The molecule has 1 heterocycles. The summed E-state index contributed by atoms with van der Waals surface area (Å²) < 4.78 is 0. The van der Waals surface area contributed by atoms with Crippen LogP contribution in [0.15, 0.2) is 35.6 Å². The van der Waals surface area contributed by atoms with Gasteiger partial charge in [-0.05, 0) is 12.5 Å². The third-order valence-corrected chi connectivity index (χ3v) is 2.83. The first-order chi connectivity index (χ1) is 8.91. The van der Waals surface area contributed by atoms with Gasteiger partial charge in [-0.25, -0.2) is 0 Å². The van der Waals surface area contributed by atoms with E-state index >= 15 is 0 Å². The SMILES string of the molecule is CC(=O)C1=C(O)C(=O)N[C@H]1c1cccc([N+](=O)[O-])c1. The summed E-state index contributed by atoms with van der Waals surface area (Å²) in [7, 11) is 0. The molecule has 1 aromatic carbocycles. The van der Waals surface area contributed by atoms with Crippen LogP contribution in [0.25, 0.3) is 0 Å². The lowest BCUT2D eigenvalue weighted by molar-refractivity contribution is -0.384. The van der Waals surface area contributed by atoms with E-state index in [0.717, 1.165) is 0 Å². The highest BCUT2D eigenvalue weighted by Gasteiger charge is 2.35. The summed E-state index contributed by atoms with van der Waals surface area (Å²) in [6.45, 7) is 1.22. The van der Waals surface area contributed by atoms with Crippen molar-refractivity contribution < 1.29 is 19.6 Å². The number of benzene rings is 1. The normalized spacial score (nSPS) is 18.4. The summed E-state index contributed by atoms with van der Waals surface area (Å²) in [6.07, 6.45) is 0. The van der Waals surface area contributed by atoms with Gasteiger partial charge < -0.3 is 10.4 Å². The third-order valence-electron chi connectivity index (χ3n) is 2.83. The Bertz CT molecular complexity index is 620. The van der Waals surface area contributed by atoms with Crippen molar-refractivity contribution in [3.8, 4) is 0 Å². The van der Waals surface area contributed by atoms with E-state index in [1.165, 1.54) is 25.1 Å². The molecule has 0 bridgehead atoms. The second kappa shape index (κ2) is 4.52. The van der Waals surface area contributed by atoms with E-state index in [4.69, 9.17) is 0 Å². The molecule has 7 heteroatoms. The highest BCUT2D eigenvalue weighted by Crippen LogP contribution is 2.31. The van der Waals surface area contributed by atoms with Gasteiger partial charge in [-0.15, -0.1) is 0 Å². The van der Waals surface area contributed by atoms with Crippen molar-refractivity contribution in [2.45, 2.75) is 13.0 Å². The van der Waals surface area contributed by atoms with Crippen LogP contribution >= 0.6 is 0 Å². The molecule has 98 valence electrons. The summed E-state index contributed by atoms with van der Waals surface area (Å²) in [5.41, 5.74) is 0.142. The van der Waals surface area contributed by atoms with E-state index in [1.807, 2.05) is 0 Å². The van der Waals surface area contributed by atoms with E-state index in [9.17, 15) is 24.8 Å². The average Bonchev–Trinajstić information content (AvgIpc) is 2.66. The van der Waals surface area contributed by atoms with Crippen LogP contribution in [0.1, 0.15) is 18.5 Å². The Morgan fingerprint density at radius 2 is 2.16 bits per heavy atom. The minimum atomic E-state index is -0.857. The summed E-state index contributed by atoms with van der Waals surface area (Å²) in [5, 5.41) is 22.7. The number of carbonyl (C=O) groups is 2. The number of nitro groups is 1. The molecule has 1 amide bonds. The summed E-state index contributed by atoms with van der Waals surface area (Å²) in [6, 6.07) is 4.70. The fourth-order valence-corrected chi connectivity index (χ4v) is 1.97. The van der Waals surface area contributed by atoms with Crippen LogP contribution in [0.5, 0.6) is 0 Å². The van der Waals surface area contributed by atoms with E-state index in [-0.39, 0.29) is 11.3 Å². The number of hydrogen-bond donors (Lipinski definition) is 2. The topological polar surface area (TPSA) is 110 Å². The van der Waals surface area contributed by atoms with Crippen molar-refractivity contribution in [1.82, 2.24) is 5.32 Å². The van der Waals surface area contributed by atoms with Crippen LogP contribution in [0.2, 0.25) is 0 Å². The van der Waals surface area contributed by atoms with Gasteiger partial charge >= 0.3 is 0 Å². The Morgan fingerprint density at radius 1 is 1.47 bits per heavy atom. The molecule has 0 spiro atoms. The molecule has 1 aromatic rings. The molecule has 0 aromatic heterocycles. The van der Waals surface area contributed by atoms with Crippen molar-refractivity contribution in [3.63, 3.8) is 0 Å². The largest absolute Gasteiger partial charge is 0.503 e. The number of nitrogens with zero attached hydrogens (tertiary/aromatic N) is 1. The molecule has 0 saturated heterocycles. The molecule has 7 nitrogen and oxygen atoms in total. The third kappa shape index (κ3) is 2.17. The maximum atomic E-state index is 11.5. The molecule has 2 rings (SSSR count). The Kier molecular flexibility index (Phi) is 3.04. The average molecular weight is 262 g/mol. The van der Waals surface area contributed by atoms with Gasteiger partial charge in [-0.1, -0.05) is 12.1 Å². The summed E-state index contributed by atoms with van der Waals surface area (Å²) in [5.74, 6) is -1.86. The van der Waals surface area contributed by atoms with Gasteiger partial charge in [0.25, 0.3) is 11.6 Å². The van der Waals surface area contributed by atoms with Gasteiger partial charge in [-0.3, -0.25) is 19.7 Å². The smallest absolute Gasteiger partial charge is 0.287 e. The quantitative estimate of drug-likeness (QED) is 0.627. The lowest BCUT2D eigenvalue weighted by Crippen LogP contribution is -2.23. The monoisotopic (exact) mass is 262 g/mol. The number of Topliss-reactive ketones (excluding diaryl/α,β-unsaturated/α-hetero) is 1. The summed E-state index contributed by atoms with van der Waals surface area (Å²) >= 11 is 0. The fourth-order valence-electron chi connectivity index (χ4n) is 1.97. The molecule has 2 N–H and O–H groups in total. The van der Waals surface area contributed by atoms with Crippen LogP contribution in [0.3, 0.4) is 0 Å². The zero-order valence-electron chi connectivity index (χ0n) is 9.91. The van der Waals surface area contributed by atoms with E-state index in [2.05, 4.69) is 5.32 Å². The minimum absolute atomic E-state index is 0.0782. The number of hydrogen-bond acceptors (Lipinski definition) is 5. The number of non-ortho nitro benzene ring substituents is 1. The van der Waals surface area contributed by atoms with Crippen molar-refractivity contribution in [2.75, 3.05) is 0 Å². The Labute approximate surface area is 107 Å². The molecule has 19 heavy (non-hydrogen) atoms. The molecule has 0 aliphatic carbocycles. The molecular weight excluding hydrogens is 252 g/mol. The lowest BCUT2D eigenvalue weighted by atomic mass is 9.97. The first-order valence-electron chi connectivity index (χ1n) is 5.41. The number of rotatable bonds is 3. The van der Waals surface area contributed by atoms with Gasteiger partial charge in [0.15, 0.2) is 11.5 Å². The molecule has 1 aliphatic rings.